The number of carbonyl (C=O) groups excluding carboxylic acids is 2. The summed E-state index contributed by atoms with van der Waals surface area (Å²) in [6.45, 7) is 0. The molecule has 4 rings (SSSR count). The Bertz CT molecular complexity index is 934. The first-order valence-corrected chi connectivity index (χ1v) is 9.20. The van der Waals surface area contributed by atoms with E-state index in [1.165, 1.54) is 0 Å². The number of hydrogen-bond acceptors (Lipinski definition) is 4. The minimum atomic E-state index is -0.194. The Morgan fingerprint density at radius 1 is 1.04 bits per heavy atom. The lowest BCUT2D eigenvalue weighted by molar-refractivity contribution is -0.115. The molecule has 2 aliphatic rings. The molecule has 27 heavy (non-hydrogen) atoms. The molecule has 0 saturated carbocycles. The van der Waals surface area contributed by atoms with Gasteiger partial charge in [-0.25, -0.2) is 4.98 Å². The molecule has 0 spiro atoms. The predicted molar refractivity (Wildman–Crippen MR) is 101 cm³/mol. The number of nitrogens with one attached hydrogen (secondary N) is 1. The number of aromatic nitrogens is 1. The van der Waals surface area contributed by atoms with Gasteiger partial charge in [0.25, 0.3) is 11.8 Å². The highest BCUT2D eigenvalue weighted by Crippen LogP contribution is 2.33. The lowest BCUT2D eigenvalue weighted by Gasteiger charge is -2.25. The summed E-state index contributed by atoms with van der Waals surface area (Å²) in [5.74, 6) is 0.126. The van der Waals surface area contributed by atoms with Gasteiger partial charge in [0.05, 0.1) is 6.04 Å². The van der Waals surface area contributed by atoms with Crippen LogP contribution in [0.4, 0.5) is 5.82 Å². The van der Waals surface area contributed by atoms with Crippen molar-refractivity contribution in [3.05, 3.63) is 70.9 Å². The van der Waals surface area contributed by atoms with E-state index in [2.05, 4.69) is 20.5 Å². The molecular formula is C21H20N4O2. The van der Waals surface area contributed by atoms with Crippen LogP contribution in [0, 0.1) is 0 Å². The molecule has 1 aromatic heterocycles. The Hall–Kier alpha value is -3.15. The van der Waals surface area contributed by atoms with E-state index >= 15 is 0 Å². The van der Waals surface area contributed by atoms with Crippen molar-refractivity contribution in [3.63, 3.8) is 0 Å². The zero-order chi connectivity index (χ0) is 18.6. The Balaban J connectivity index is 1.50. The lowest BCUT2D eigenvalue weighted by Crippen LogP contribution is -2.23. The first kappa shape index (κ1) is 17.3. The van der Waals surface area contributed by atoms with E-state index in [-0.39, 0.29) is 17.9 Å². The molecule has 1 aliphatic heterocycles. The third kappa shape index (κ3) is 3.84. The highest BCUT2D eigenvalue weighted by atomic mass is 16.2. The fourth-order valence-electron chi connectivity index (χ4n) is 3.60. The van der Waals surface area contributed by atoms with Crippen molar-refractivity contribution in [2.24, 2.45) is 10.2 Å². The summed E-state index contributed by atoms with van der Waals surface area (Å²) >= 11 is 0. The first-order valence-electron chi connectivity index (χ1n) is 9.20. The van der Waals surface area contributed by atoms with E-state index in [9.17, 15) is 9.59 Å². The van der Waals surface area contributed by atoms with E-state index in [0.717, 1.165) is 42.5 Å². The molecule has 6 heteroatoms. The third-order valence-electron chi connectivity index (χ3n) is 4.95. The highest BCUT2D eigenvalue weighted by molar-refractivity contribution is 6.03. The molecule has 1 aromatic carbocycles. The lowest BCUT2D eigenvalue weighted by atomic mass is 9.85. The van der Waals surface area contributed by atoms with Crippen LogP contribution in [0.5, 0.6) is 0 Å². The van der Waals surface area contributed by atoms with Gasteiger partial charge < -0.3 is 5.32 Å². The molecule has 1 atom stereocenters. The van der Waals surface area contributed by atoms with Gasteiger partial charge >= 0.3 is 0 Å². The van der Waals surface area contributed by atoms with Crippen molar-refractivity contribution in [3.8, 4) is 0 Å². The van der Waals surface area contributed by atoms with E-state index < -0.39 is 0 Å². The van der Waals surface area contributed by atoms with E-state index in [0.29, 0.717) is 17.8 Å². The minimum absolute atomic E-state index is 0.134. The number of amides is 2. The van der Waals surface area contributed by atoms with Crippen LogP contribution >= 0.6 is 0 Å². The van der Waals surface area contributed by atoms with Crippen LogP contribution in [-0.2, 0) is 11.2 Å². The summed E-state index contributed by atoms with van der Waals surface area (Å²) in [6.07, 6.45) is 4.38. The topological polar surface area (TPSA) is 83.8 Å². The molecule has 0 radical (unpaired) electrons. The number of carbonyl (C=O) groups is 2. The van der Waals surface area contributed by atoms with Crippen LogP contribution in [0.2, 0.25) is 0 Å². The number of nitrogens with zero attached hydrogens (tertiary/aromatic N) is 3. The van der Waals surface area contributed by atoms with Crippen LogP contribution in [0.3, 0.4) is 0 Å². The first-order chi connectivity index (χ1) is 13.2. The van der Waals surface area contributed by atoms with Gasteiger partial charge in [0.15, 0.2) is 0 Å². The van der Waals surface area contributed by atoms with Crippen LogP contribution in [0.15, 0.2) is 69.9 Å². The number of azo groups is 1. The maximum absolute atomic E-state index is 12.3. The molecule has 2 aromatic rings. The van der Waals surface area contributed by atoms with Crippen LogP contribution < -0.4 is 5.32 Å². The molecule has 2 amide bonds. The normalized spacial score (nSPS) is 19.0. The molecule has 0 saturated heterocycles. The van der Waals surface area contributed by atoms with Gasteiger partial charge in [0.1, 0.15) is 5.82 Å². The zero-order valence-electron chi connectivity index (χ0n) is 14.9. The number of benzene rings is 1. The second-order valence-corrected chi connectivity index (χ2v) is 6.79. The van der Waals surface area contributed by atoms with Gasteiger partial charge in [-0.15, -0.1) is 5.11 Å². The average Bonchev–Trinajstić information content (AvgIpc) is 2.71. The Morgan fingerprint density at radius 2 is 1.85 bits per heavy atom. The fraction of sp³-hybridized carbons (Fsp3) is 0.286. The van der Waals surface area contributed by atoms with Crippen molar-refractivity contribution >= 4 is 17.6 Å². The summed E-state index contributed by atoms with van der Waals surface area (Å²) in [6, 6.07) is 14.4. The minimum Gasteiger partial charge on any atom is -0.307 e. The molecule has 0 fully saturated rings. The van der Waals surface area contributed by atoms with Gasteiger partial charge in [0, 0.05) is 23.3 Å². The van der Waals surface area contributed by atoms with E-state index in [4.69, 9.17) is 0 Å². The monoisotopic (exact) mass is 360 g/mol. The maximum Gasteiger partial charge on any atom is 0.291 e. The van der Waals surface area contributed by atoms with Gasteiger partial charge in [-0.2, -0.15) is 5.11 Å². The molecule has 1 N–H and O–H groups in total. The molecule has 6 nitrogen and oxygen atoms in total. The predicted octanol–water partition coefficient (Wildman–Crippen LogP) is 4.11. The van der Waals surface area contributed by atoms with Crippen molar-refractivity contribution in [2.45, 2.75) is 38.1 Å². The molecule has 2 heterocycles. The molecule has 0 bridgehead atoms. The Kier molecular flexibility index (Phi) is 4.87. The fourth-order valence-corrected chi connectivity index (χ4v) is 3.60. The summed E-state index contributed by atoms with van der Waals surface area (Å²) in [7, 11) is 0. The van der Waals surface area contributed by atoms with Gasteiger partial charge in [0.2, 0.25) is 0 Å². The van der Waals surface area contributed by atoms with Crippen LogP contribution in [-0.4, -0.2) is 22.8 Å². The summed E-state index contributed by atoms with van der Waals surface area (Å²) in [4.78, 5) is 28.8. The van der Waals surface area contributed by atoms with Crippen LogP contribution in [0.1, 0.15) is 41.7 Å². The van der Waals surface area contributed by atoms with Crippen molar-refractivity contribution < 1.29 is 9.59 Å². The number of hydrogen-bond donors (Lipinski definition) is 1. The highest BCUT2D eigenvalue weighted by Gasteiger charge is 2.29. The van der Waals surface area contributed by atoms with Crippen LogP contribution in [0.25, 0.3) is 0 Å². The SMILES string of the molecule is O=C1N=NC(Cc2cccc(NC(=O)c3ccccc3)n2)C2=C1CCCC2. The van der Waals surface area contributed by atoms with Crippen molar-refractivity contribution in [2.75, 3.05) is 5.32 Å². The summed E-state index contributed by atoms with van der Waals surface area (Å²) in [5, 5.41) is 10.9. The van der Waals surface area contributed by atoms with Crippen molar-refractivity contribution in [1.29, 1.82) is 0 Å². The number of pyridine rings is 1. The second kappa shape index (κ2) is 7.61. The third-order valence-corrected chi connectivity index (χ3v) is 4.95. The van der Waals surface area contributed by atoms with E-state index in [1.807, 2.05) is 30.3 Å². The second-order valence-electron chi connectivity index (χ2n) is 6.79. The molecule has 136 valence electrons. The standard InChI is InChI=1S/C21H20N4O2/c26-20(14-7-2-1-3-8-14)23-19-12-6-9-15(22-19)13-18-16-10-4-5-11-17(16)21(27)25-24-18/h1-3,6-9,12,18H,4-5,10-11,13H2,(H,22,23,26). The van der Waals surface area contributed by atoms with E-state index in [1.54, 1.807) is 18.2 Å². The molecule has 1 unspecified atom stereocenters. The number of rotatable bonds is 4. The summed E-state index contributed by atoms with van der Waals surface area (Å²) in [5.41, 5.74) is 3.36. The Labute approximate surface area is 157 Å². The van der Waals surface area contributed by atoms with Gasteiger partial charge in [-0.1, -0.05) is 24.3 Å². The van der Waals surface area contributed by atoms with Gasteiger partial charge in [-0.3, -0.25) is 9.59 Å². The molecule has 1 aliphatic carbocycles. The molecular weight excluding hydrogens is 340 g/mol. The maximum atomic E-state index is 12.3. The zero-order valence-corrected chi connectivity index (χ0v) is 14.9. The van der Waals surface area contributed by atoms with Crippen molar-refractivity contribution in [1.82, 2.24) is 4.98 Å². The smallest absolute Gasteiger partial charge is 0.291 e. The largest absolute Gasteiger partial charge is 0.307 e. The Morgan fingerprint density at radius 3 is 2.70 bits per heavy atom. The quantitative estimate of drug-likeness (QED) is 0.890. The summed E-state index contributed by atoms with van der Waals surface area (Å²) < 4.78 is 0. The number of anilines is 1. The van der Waals surface area contributed by atoms with Gasteiger partial charge in [-0.05, 0) is 55.5 Å². The average molecular weight is 360 g/mol.